The quantitative estimate of drug-likeness (QED) is 0.767. The molecule has 5 nitrogen and oxygen atoms in total. The summed E-state index contributed by atoms with van der Waals surface area (Å²) in [5.41, 5.74) is 0.157. The van der Waals surface area contributed by atoms with Gasteiger partial charge >= 0.3 is 5.97 Å². The highest BCUT2D eigenvalue weighted by molar-refractivity contribution is 5.75. The average molecular weight is 315 g/mol. The van der Waals surface area contributed by atoms with Crippen LogP contribution in [0.4, 0.5) is 4.39 Å². The van der Waals surface area contributed by atoms with Gasteiger partial charge in [0.15, 0.2) is 11.6 Å². The fourth-order valence-corrected chi connectivity index (χ4v) is 1.79. The van der Waals surface area contributed by atoms with Gasteiger partial charge < -0.3 is 14.2 Å². The first-order valence-electron chi connectivity index (χ1n) is 6.76. The maximum absolute atomic E-state index is 13.9. The van der Waals surface area contributed by atoms with Crippen molar-refractivity contribution in [1.82, 2.24) is 0 Å². The number of nitrogens with zero attached hydrogens (tertiary/aromatic N) is 1. The minimum absolute atomic E-state index is 0.143. The standard InChI is InChI=1S/C17H14FNO4/c1-21-17(20)16(11-22-13-5-3-2-4-6-13)23-15-8-7-12(10-19)9-14(15)18/h2-9,16H,11H2,1H3. The van der Waals surface area contributed by atoms with Crippen molar-refractivity contribution in [3.8, 4) is 17.6 Å². The Balaban J connectivity index is 2.10. The first-order chi connectivity index (χ1) is 11.1. The smallest absolute Gasteiger partial charge is 0.350 e. The zero-order valence-electron chi connectivity index (χ0n) is 12.4. The van der Waals surface area contributed by atoms with E-state index >= 15 is 0 Å². The van der Waals surface area contributed by atoms with E-state index in [4.69, 9.17) is 14.7 Å². The first-order valence-corrected chi connectivity index (χ1v) is 6.76. The molecule has 0 aromatic heterocycles. The van der Waals surface area contributed by atoms with Gasteiger partial charge in [-0.15, -0.1) is 0 Å². The number of hydrogen-bond donors (Lipinski definition) is 0. The van der Waals surface area contributed by atoms with E-state index in [9.17, 15) is 9.18 Å². The van der Waals surface area contributed by atoms with E-state index in [1.165, 1.54) is 19.2 Å². The van der Waals surface area contributed by atoms with Crippen molar-refractivity contribution in [2.45, 2.75) is 6.10 Å². The van der Waals surface area contributed by atoms with Gasteiger partial charge in [-0.2, -0.15) is 5.26 Å². The third-order valence-electron chi connectivity index (χ3n) is 2.94. The van der Waals surface area contributed by atoms with Crippen molar-refractivity contribution in [2.24, 2.45) is 0 Å². The number of nitriles is 1. The maximum Gasteiger partial charge on any atom is 0.350 e. The number of carbonyl (C=O) groups excluding carboxylic acids is 1. The van der Waals surface area contributed by atoms with E-state index in [1.54, 1.807) is 24.3 Å². The second kappa shape index (κ2) is 7.80. The van der Waals surface area contributed by atoms with Gasteiger partial charge in [0.1, 0.15) is 12.4 Å². The van der Waals surface area contributed by atoms with Gasteiger partial charge in [0.05, 0.1) is 18.7 Å². The zero-order valence-corrected chi connectivity index (χ0v) is 12.4. The monoisotopic (exact) mass is 315 g/mol. The number of methoxy groups -OCH3 is 1. The summed E-state index contributed by atoms with van der Waals surface area (Å²) in [6.07, 6.45) is -1.14. The molecule has 0 saturated carbocycles. The first kappa shape index (κ1) is 16.3. The number of halogens is 1. The molecule has 2 aromatic rings. The van der Waals surface area contributed by atoms with E-state index < -0.39 is 17.9 Å². The molecule has 0 spiro atoms. The van der Waals surface area contributed by atoms with Crippen molar-refractivity contribution in [3.63, 3.8) is 0 Å². The molecule has 0 heterocycles. The highest BCUT2D eigenvalue weighted by Crippen LogP contribution is 2.20. The van der Waals surface area contributed by atoms with Gasteiger partial charge in [-0.25, -0.2) is 9.18 Å². The summed E-state index contributed by atoms with van der Waals surface area (Å²) in [6, 6.07) is 14.4. The third kappa shape index (κ3) is 4.45. The highest BCUT2D eigenvalue weighted by Gasteiger charge is 2.24. The van der Waals surface area contributed by atoms with Gasteiger partial charge in [-0.3, -0.25) is 0 Å². The lowest BCUT2D eigenvalue weighted by Gasteiger charge is -2.18. The molecule has 23 heavy (non-hydrogen) atoms. The van der Waals surface area contributed by atoms with Crippen molar-refractivity contribution in [2.75, 3.05) is 13.7 Å². The van der Waals surface area contributed by atoms with Crippen LogP contribution in [0.15, 0.2) is 48.5 Å². The Morgan fingerprint density at radius 3 is 2.61 bits per heavy atom. The maximum atomic E-state index is 13.9. The van der Waals surface area contributed by atoms with Crippen molar-refractivity contribution in [1.29, 1.82) is 5.26 Å². The molecule has 0 fully saturated rings. The summed E-state index contributed by atoms with van der Waals surface area (Å²) in [7, 11) is 1.20. The van der Waals surface area contributed by atoms with Gasteiger partial charge in [0, 0.05) is 0 Å². The van der Waals surface area contributed by atoms with Gasteiger partial charge in [0.25, 0.3) is 0 Å². The molecule has 0 amide bonds. The van der Waals surface area contributed by atoms with Crippen LogP contribution in [0.5, 0.6) is 11.5 Å². The molecule has 118 valence electrons. The van der Waals surface area contributed by atoms with Crippen LogP contribution in [-0.2, 0) is 9.53 Å². The molecule has 0 aliphatic carbocycles. The van der Waals surface area contributed by atoms with Gasteiger partial charge in [-0.05, 0) is 30.3 Å². The van der Waals surface area contributed by atoms with E-state index in [0.29, 0.717) is 5.75 Å². The van der Waals surface area contributed by atoms with Crippen LogP contribution in [0.2, 0.25) is 0 Å². The summed E-state index contributed by atoms with van der Waals surface area (Å²) in [5.74, 6) is -1.04. The summed E-state index contributed by atoms with van der Waals surface area (Å²) in [6.45, 7) is -0.143. The topological polar surface area (TPSA) is 68.6 Å². The average Bonchev–Trinajstić information content (AvgIpc) is 2.59. The number of para-hydroxylation sites is 1. The minimum atomic E-state index is -1.14. The molecule has 6 heteroatoms. The van der Waals surface area contributed by atoms with Crippen molar-refractivity contribution < 1.29 is 23.4 Å². The van der Waals surface area contributed by atoms with E-state index in [-0.39, 0.29) is 17.9 Å². The molecule has 0 bridgehead atoms. The van der Waals surface area contributed by atoms with Crippen LogP contribution in [-0.4, -0.2) is 25.8 Å². The normalized spacial score (nSPS) is 11.2. The number of rotatable bonds is 6. The van der Waals surface area contributed by atoms with E-state index in [2.05, 4.69) is 4.74 Å². The SMILES string of the molecule is COC(=O)C(COc1ccccc1)Oc1ccc(C#N)cc1F. The molecular weight excluding hydrogens is 301 g/mol. The molecule has 0 radical (unpaired) electrons. The predicted octanol–water partition coefficient (Wildman–Crippen LogP) is 2.70. The molecule has 0 aliphatic rings. The second-order valence-corrected chi connectivity index (χ2v) is 4.51. The number of carbonyl (C=O) groups is 1. The summed E-state index contributed by atoms with van der Waals surface area (Å²) >= 11 is 0. The Kier molecular flexibility index (Phi) is 5.53. The molecule has 2 rings (SSSR count). The second-order valence-electron chi connectivity index (χ2n) is 4.51. The highest BCUT2D eigenvalue weighted by atomic mass is 19.1. The third-order valence-corrected chi connectivity index (χ3v) is 2.94. The fourth-order valence-electron chi connectivity index (χ4n) is 1.79. The van der Waals surface area contributed by atoms with E-state index in [1.807, 2.05) is 12.1 Å². The lowest BCUT2D eigenvalue weighted by molar-refractivity contribution is -0.150. The van der Waals surface area contributed by atoms with Crippen LogP contribution in [0, 0.1) is 17.1 Å². The Morgan fingerprint density at radius 1 is 1.26 bits per heavy atom. The Bertz CT molecular complexity index is 712. The summed E-state index contributed by atoms with van der Waals surface area (Å²) < 4.78 is 29.3. The number of hydrogen-bond acceptors (Lipinski definition) is 5. The molecule has 0 N–H and O–H groups in total. The van der Waals surface area contributed by atoms with Crippen LogP contribution < -0.4 is 9.47 Å². The summed E-state index contributed by atoms with van der Waals surface area (Å²) in [4.78, 5) is 11.8. The number of esters is 1. The van der Waals surface area contributed by atoms with E-state index in [0.717, 1.165) is 6.07 Å². The Labute approximate surface area is 132 Å². The number of ether oxygens (including phenoxy) is 3. The van der Waals surface area contributed by atoms with Crippen LogP contribution in [0.25, 0.3) is 0 Å². The minimum Gasteiger partial charge on any atom is -0.489 e. The van der Waals surface area contributed by atoms with Crippen LogP contribution in [0.1, 0.15) is 5.56 Å². The zero-order chi connectivity index (χ0) is 16.7. The predicted molar refractivity (Wildman–Crippen MR) is 79.5 cm³/mol. The molecular formula is C17H14FNO4. The van der Waals surface area contributed by atoms with Gasteiger partial charge in [-0.1, -0.05) is 18.2 Å². The largest absolute Gasteiger partial charge is 0.489 e. The molecule has 1 atom stereocenters. The van der Waals surface area contributed by atoms with Crippen LogP contribution >= 0.6 is 0 Å². The Hall–Kier alpha value is -3.07. The number of benzene rings is 2. The van der Waals surface area contributed by atoms with Crippen molar-refractivity contribution in [3.05, 3.63) is 59.9 Å². The fraction of sp³-hybridized carbons (Fsp3) is 0.176. The summed E-state index contributed by atoms with van der Waals surface area (Å²) in [5, 5.41) is 8.72. The lowest BCUT2D eigenvalue weighted by Crippen LogP contribution is -2.34. The van der Waals surface area contributed by atoms with Gasteiger partial charge in [0.2, 0.25) is 6.10 Å². The molecule has 0 aliphatic heterocycles. The molecule has 2 aromatic carbocycles. The van der Waals surface area contributed by atoms with Crippen molar-refractivity contribution >= 4 is 5.97 Å². The molecule has 1 unspecified atom stereocenters. The lowest BCUT2D eigenvalue weighted by atomic mass is 10.2. The van der Waals surface area contributed by atoms with Crippen LogP contribution in [0.3, 0.4) is 0 Å². The Morgan fingerprint density at radius 2 is 2.00 bits per heavy atom. The molecule has 0 saturated heterocycles.